The highest BCUT2D eigenvalue weighted by molar-refractivity contribution is 6.34. The number of halogens is 2. The Kier molecular flexibility index (Phi) is 6.25. The summed E-state index contributed by atoms with van der Waals surface area (Å²) in [6.07, 6.45) is 3.42. The first-order valence-corrected chi connectivity index (χ1v) is 8.47. The van der Waals surface area contributed by atoms with Crippen molar-refractivity contribution in [2.24, 2.45) is 5.92 Å². The maximum Gasteiger partial charge on any atom is 0.359 e. The molecule has 1 aromatic heterocycles. The standard InChI is InChI=1S/C16H20Cl2N2O3/c1-9-5-3-4-6-12(9)19-15(21)10(2)23-16(22)14-11(17)7-8-13(18)20-14/h7-10,12H,3-6H2,1-2H3,(H,19,21)/t9-,10-,12-/m1/s1. The molecule has 0 spiro atoms. The van der Waals surface area contributed by atoms with Gasteiger partial charge in [-0.3, -0.25) is 4.79 Å². The van der Waals surface area contributed by atoms with E-state index in [0.717, 1.165) is 19.3 Å². The fourth-order valence-corrected chi connectivity index (χ4v) is 2.99. The molecule has 23 heavy (non-hydrogen) atoms. The van der Waals surface area contributed by atoms with Gasteiger partial charge in [0.1, 0.15) is 5.15 Å². The van der Waals surface area contributed by atoms with Crippen molar-refractivity contribution in [3.05, 3.63) is 28.0 Å². The van der Waals surface area contributed by atoms with Crippen molar-refractivity contribution in [3.8, 4) is 0 Å². The molecule has 5 nitrogen and oxygen atoms in total. The minimum Gasteiger partial charge on any atom is -0.448 e. The molecular formula is C16H20Cl2N2O3. The maximum absolute atomic E-state index is 12.2. The third-order valence-corrected chi connectivity index (χ3v) is 4.61. The third-order valence-electron chi connectivity index (χ3n) is 4.10. The molecule has 0 saturated heterocycles. The number of hydrogen-bond donors (Lipinski definition) is 1. The minimum atomic E-state index is -0.923. The van der Waals surface area contributed by atoms with Gasteiger partial charge in [0, 0.05) is 6.04 Å². The summed E-state index contributed by atoms with van der Waals surface area (Å²) in [5.41, 5.74) is -0.0927. The smallest absolute Gasteiger partial charge is 0.359 e. The molecule has 1 fully saturated rings. The number of nitrogens with one attached hydrogen (secondary N) is 1. The predicted molar refractivity (Wildman–Crippen MR) is 88.7 cm³/mol. The van der Waals surface area contributed by atoms with Crippen LogP contribution in [-0.4, -0.2) is 29.0 Å². The van der Waals surface area contributed by atoms with Gasteiger partial charge in [0.25, 0.3) is 5.91 Å². The van der Waals surface area contributed by atoms with Gasteiger partial charge in [-0.2, -0.15) is 0 Å². The van der Waals surface area contributed by atoms with Crippen LogP contribution < -0.4 is 5.32 Å². The van der Waals surface area contributed by atoms with Gasteiger partial charge in [-0.15, -0.1) is 0 Å². The van der Waals surface area contributed by atoms with Gasteiger partial charge in [0.15, 0.2) is 11.8 Å². The number of aromatic nitrogens is 1. The molecule has 7 heteroatoms. The number of hydrogen-bond acceptors (Lipinski definition) is 4. The molecule has 1 heterocycles. The molecule has 3 atom stereocenters. The van der Waals surface area contributed by atoms with Crippen LogP contribution in [0, 0.1) is 5.92 Å². The van der Waals surface area contributed by atoms with E-state index in [2.05, 4.69) is 17.2 Å². The van der Waals surface area contributed by atoms with Crippen molar-refractivity contribution < 1.29 is 14.3 Å². The first kappa shape index (κ1) is 18.0. The van der Waals surface area contributed by atoms with Crippen molar-refractivity contribution in [1.29, 1.82) is 0 Å². The van der Waals surface area contributed by atoms with Crippen LogP contribution in [0.25, 0.3) is 0 Å². The molecule has 2 rings (SSSR count). The lowest BCUT2D eigenvalue weighted by molar-refractivity contribution is -0.130. The van der Waals surface area contributed by atoms with E-state index in [4.69, 9.17) is 27.9 Å². The first-order chi connectivity index (χ1) is 10.9. The van der Waals surface area contributed by atoms with Gasteiger partial charge >= 0.3 is 5.97 Å². The number of pyridine rings is 1. The van der Waals surface area contributed by atoms with Gasteiger partial charge < -0.3 is 10.1 Å². The van der Waals surface area contributed by atoms with Crippen molar-refractivity contribution in [1.82, 2.24) is 10.3 Å². The molecule has 1 N–H and O–H groups in total. The summed E-state index contributed by atoms with van der Waals surface area (Å²) < 4.78 is 5.15. The van der Waals surface area contributed by atoms with Crippen LogP contribution in [0.1, 0.15) is 50.0 Å². The average molecular weight is 359 g/mol. The second kappa shape index (κ2) is 7.97. The van der Waals surface area contributed by atoms with E-state index in [1.54, 1.807) is 0 Å². The van der Waals surface area contributed by atoms with Crippen LogP contribution >= 0.6 is 23.2 Å². The number of rotatable bonds is 4. The monoisotopic (exact) mass is 358 g/mol. The molecule has 1 saturated carbocycles. The van der Waals surface area contributed by atoms with E-state index in [1.807, 2.05) is 0 Å². The Morgan fingerprint density at radius 2 is 2.00 bits per heavy atom. The van der Waals surface area contributed by atoms with E-state index in [1.165, 1.54) is 25.5 Å². The Morgan fingerprint density at radius 1 is 1.30 bits per heavy atom. The second-order valence-corrected chi connectivity index (χ2v) is 6.68. The highest BCUT2D eigenvalue weighted by atomic mass is 35.5. The summed E-state index contributed by atoms with van der Waals surface area (Å²) in [5, 5.41) is 3.22. The molecule has 0 bridgehead atoms. The fraction of sp³-hybridized carbons (Fsp3) is 0.562. The Labute approximate surface area is 145 Å². The Balaban J connectivity index is 1.94. The zero-order valence-electron chi connectivity index (χ0n) is 13.1. The lowest BCUT2D eigenvalue weighted by Crippen LogP contribution is -2.46. The topological polar surface area (TPSA) is 68.3 Å². The second-order valence-electron chi connectivity index (χ2n) is 5.89. The molecule has 1 amide bonds. The van der Waals surface area contributed by atoms with Crippen LogP contribution in [0.2, 0.25) is 10.2 Å². The fourth-order valence-electron chi connectivity index (χ4n) is 2.66. The van der Waals surface area contributed by atoms with Crippen molar-refractivity contribution >= 4 is 35.1 Å². The summed E-state index contributed by atoms with van der Waals surface area (Å²) >= 11 is 11.7. The predicted octanol–water partition coefficient (Wildman–Crippen LogP) is 3.63. The molecule has 1 aliphatic rings. The van der Waals surface area contributed by atoms with Gasteiger partial charge in [-0.1, -0.05) is 43.0 Å². The quantitative estimate of drug-likeness (QED) is 0.659. The van der Waals surface area contributed by atoms with Crippen LogP contribution in [0.5, 0.6) is 0 Å². The summed E-state index contributed by atoms with van der Waals surface area (Å²) in [5.74, 6) is -0.647. The van der Waals surface area contributed by atoms with Crippen LogP contribution in [0.3, 0.4) is 0 Å². The van der Waals surface area contributed by atoms with Crippen molar-refractivity contribution in [3.63, 3.8) is 0 Å². The minimum absolute atomic E-state index is 0.0927. The van der Waals surface area contributed by atoms with Crippen molar-refractivity contribution in [2.45, 2.75) is 51.7 Å². The van der Waals surface area contributed by atoms with E-state index in [0.29, 0.717) is 5.92 Å². The zero-order valence-corrected chi connectivity index (χ0v) is 14.7. The van der Waals surface area contributed by atoms with E-state index in [9.17, 15) is 9.59 Å². The number of esters is 1. The summed E-state index contributed by atoms with van der Waals surface area (Å²) in [6, 6.07) is 3.06. The average Bonchev–Trinajstić information content (AvgIpc) is 2.51. The lowest BCUT2D eigenvalue weighted by Gasteiger charge is -2.30. The van der Waals surface area contributed by atoms with Gasteiger partial charge in [0.05, 0.1) is 5.02 Å². The molecule has 0 aliphatic heterocycles. The zero-order chi connectivity index (χ0) is 17.0. The number of carbonyl (C=O) groups excluding carboxylic acids is 2. The maximum atomic E-state index is 12.2. The third kappa shape index (κ3) is 4.82. The van der Waals surface area contributed by atoms with Crippen LogP contribution in [0.4, 0.5) is 0 Å². The van der Waals surface area contributed by atoms with Crippen LogP contribution in [-0.2, 0) is 9.53 Å². The lowest BCUT2D eigenvalue weighted by atomic mass is 9.86. The van der Waals surface area contributed by atoms with Gasteiger partial charge in [-0.05, 0) is 37.8 Å². The Hall–Kier alpha value is -1.33. The summed E-state index contributed by atoms with van der Waals surface area (Å²) in [7, 11) is 0. The highest BCUT2D eigenvalue weighted by Crippen LogP contribution is 2.24. The first-order valence-electron chi connectivity index (χ1n) is 7.72. The number of carbonyl (C=O) groups is 2. The largest absolute Gasteiger partial charge is 0.448 e. The molecule has 1 aromatic rings. The van der Waals surface area contributed by atoms with Crippen LogP contribution in [0.15, 0.2) is 12.1 Å². The van der Waals surface area contributed by atoms with Gasteiger partial charge in [0.2, 0.25) is 0 Å². The van der Waals surface area contributed by atoms with Crippen molar-refractivity contribution in [2.75, 3.05) is 0 Å². The van der Waals surface area contributed by atoms with Gasteiger partial charge in [-0.25, -0.2) is 9.78 Å². The Morgan fingerprint density at radius 3 is 2.70 bits per heavy atom. The molecule has 0 aromatic carbocycles. The number of ether oxygens (including phenoxy) is 1. The molecule has 1 aliphatic carbocycles. The van der Waals surface area contributed by atoms with E-state index < -0.39 is 12.1 Å². The normalized spacial score (nSPS) is 22.3. The molecular weight excluding hydrogens is 339 g/mol. The number of amides is 1. The molecule has 0 unspecified atom stereocenters. The SMILES string of the molecule is C[C@@H]1CCCC[C@H]1NC(=O)[C@@H](C)OC(=O)c1nc(Cl)ccc1Cl. The van der Waals surface area contributed by atoms with E-state index in [-0.39, 0.29) is 27.8 Å². The highest BCUT2D eigenvalue weighted by Gasteiger charge is 2.27. The Bertz CT molecular complexity index is 595. The van der Waals surface area contributed by atoms with E-state index >= 15 is 0 Å². The summed E-state index contributed by atoms with van der Waals surface area (Å²) in [4.78, 5) is 28.1. The summed E-state index contributed by atoms with van der Waals surface area (Å²) in [6.45, 7) is 3.65. The molecule has 0 radical (unpaired) electrons. The number of nitrogens with zero attached hydrogens (tertiary/aromatic N) is 1. The molecule has 126 valence electrons.